The lowest BCUT2D eigenvalue weighted by molar-refractivity contribution is -0.136. The molecule has 2 fully saturated rings. The molecule has 0 radical (unpaired) electrons. The quantitative estimate of drug-likeness (QED) is 0.340. The molecule has 1 aliphatic carbocycles. The summed E-state index contributed by atoms with van der Waals surface area (Å²) in [6, 6.07) is 8.75. The van der Waals surface area contributed by atoms with Gasteiger partial charge in [-0.05, 0) is 67.5 Å². The molecule has 11 heteroatoms. The summed E-state index contributed by atoms with van der Waals surface area (Å²) in [5, 5.41) is 8.48. The zero-order chi connectivity index (χ0) is 27.5. The van der Waals surface area contributed by atoms with Gasteiger partial charge in [-0.15, -0.1) is 10.2 Å². The Hall–Kier alpha value is -3.18. The summed E-state index contributed by atoms with van der Waals surface area (Å²) in [5.74, 6) is 1.26. The summed E-state index contributed by atoms with van der Waals surface area (Å²) in [5.41, 5.74) is 0.582. The normalized spacial score (nSPS) is 21.6. The highest BCUT2D eigenvalue weighted by molar-refractivity contribution is 6.15. The number of rotatable bonds is 6. The van der Waals surface area contributed by atoms with E-state index in [1.54, 1.807) is 18.6 Å². The van der Waals surface area contributed by atoms with Gasteiger partial charge in [0.1, 0.15) is 12.2 Å². The molecule has 2 aliphatic rings. The number of aromatic nitrogens is 5. The van der Waals surface area contributed by atoms with Gasteiger partial charge in [0.05, 0.1) is 16.8 Å². The lowest BCUT2D eigenvalue weighted by Crippen LogP contribution is -2.41. The Morgan fingerprint density at radius 3 is 2.59 bits per heavy atom. The van der Waals surface area contributed by atoms with E-state index in [1.165, 1.54) is 16.8 Å². The highest BCUT2D eigenvalue weighted by Crippen LogP contribution is 2.43. The van der Waals surface area contributed by atoms with E-state index in [9.17, 15) is 18.0 Å². The van der Waals surface area contributed by atoms with Crippen LogP contribution in [0.15, 0.2) is 53.8 Å². The summed E-state index contributed by atoms with van der Waals surface area (Å²) < 4.78 is 47.2. The van der Waals surface area contributed by atoms with Crippen LogP contribution in [0.1, 0.15) is 67.5 Å². The van der Waals surface area contributed by atoms with Crippen LogP contribution < -0.4 is 5.69 Å². The van der Waals surface area contributed by atoms with E-state index in [0.29, 0.717) is 23.7 Å². The maximum absolute atomic E-state index is 14.3. The van der Waals surface area contributed by atoms with Crippen molar-refractivity contribution in [1.82, 2.24) is 28.6 Å². The first-order valence-corrected chi connectivity index (χ1v) is 14.6. The smallest absolute Gasteiger partial charge is 0.320 e. The molecule has 0 amide bonds. The van der Waals surface area contributed by atoms with Gasteiger partial charge in [-0.25, -0.2) is 4.79 Å². The summed E-state index contributed by atoms with van der Waals surface area (Å²) in [6.07, 6.45) is 5.39. The van der Waals surface area contributed by atoms with Gasteiger partial charge in [0, 0.05) is 47.3 Å². The minimum atomic E-state index is -4.59. The Labute approximate surface area is 227 Å². The van der Waals surface area contributed by atoms with Crippen molar-refractivity contribution < 1.29 is 13.2 Å². The van der Waals surface area contributed by atoms with Crippen molar-refractivity contribution in [3.05, 3.63) is 82.1 Å². The summed E-state index contributed by atoms with van der Waals surface area (Å²) in [4.78, 5) is 15.9. The fourth-order valence-corrected chi connectivity index (χ4v) is 7.00. The molecule has 1 saturated heterocycles. The fourth-order valence-electron chi connectivity index (χ4n) is 6.27. The van der Waals surface area contributed by atoms with Gasteiger partial charge in [-0.1, -0.05) is 25.5 Å². The summed E-state index contributed by atoms with van der Waals surface area (Å²) in [6.45, 7) is 3.42. The molecule has 6 rings (SSSR count). The van der Waals surface area contributed by atoms with Crippen LogP contribution in [0.4, 0.5) is 13.2 Å². The molecule has 1 saturated carbocycles. The molecule has 0 N–H and O–H groups in total. The highest BCUT2D eigenvalue weighted by atomic mass is 28.1. The first-order chi connectivity index (χ1) is 18.5. The van der Waals surface area contributed by atoms with Crippen LogP contribution in [-0.4, -0.2) is 50.6 Å². The molecule has 1 aromatic carbocycles. The Morgan fingerprint density at radius 2 is 1.97 bits per heavy atom. The number of benzene rings is 1. The Bertz CT molecular complexity index is 1580. The monoisotopic (exact) mass is 554 g/mol. The Kier molecular flexibility index (Phi) is 6.33. The molecule has 0 bridgehead atoms. The average Bonchev–Trinajstić information content (AvgIpc) is 3.52. The maximum atomic E-state index is 14.3. The van der Waals surface area contributed by atoms with E-state index in [0.717, 1.165) is 64.7 Å². The van der Waals surface area contributed by atoms with Crippen LogP contribution in [0.2, 0.25) is 0 Å². The van der Waals surface area contributed by atoms with Gasteiger partial charge in [0.15, 0.2) is 0 Å². The van der Waals surface area contributed by atoms with Gasteiger partial charge in [0.2, 0.25) is 0 Å². The second-order valence-corrected chi connectivity index (χ2v) is 13.9. The second kappa shape index (κ2) is 9.48. The number of nitrogens with zero attached hydrogens (tertiary/aromatic N) is 6. The van der Waals surface area contributed by atoms with E-state index in [-0.39, 0.29) is 16.6 Å². The number of pyridine rings is 1. The third-order valence-corrected chi connectivity index (χ3v) is 9.86. The van der Waals surface area contributed by atoms with Gasteiger partial charge in [-0.2, -0.15) is 13.2 Å². The molecule has 3 aromatic heterocycles. The molecule has 0 unspecified atom stereocenters. The molecular weight excluding hydrogens is 521 g/mol. The first kappa shape index (κ1) is 26.1. The predicted octanol–water partition coefficient (Wildman–Crippen LogP) is 3.85. The van der Waals surface area contributed by atoms with Gasteiger partial charge < -0.3 is 4.57 Å². The van der Waals surface area contributed by atoms with Crippen molar-refractivity contribution in [2.24, 2.45) is 13.0 Å². The van der Waals surface area contributed by atoms with Crippen molar-refractivity contribution >= 4 is 15.8 Å². The summed E-state index contributed by atoms with van der Waals surface area (Å²) >= 11 is 0. The van der Waals surface area contributed by atoms with Crippen molar-refractivity contribution in [2.45, 2.75) is 62.8 Å². The summed E-state index contributed by atoms with van der Waals surface area (Å²) in [7, 11) is 2.84. The van der Waals surface area contributed by atoms with E-state index in [2.05, 4.69) is 22.0 Å². The molecule has 1 aliphatic heterocycles. The van der Waals surface area contributed by atoms with Crippen LogP contribution >= 0.6 is 0 Å². The number of aryl methyl sites for hydroxylation is 1. The molecule has 7 nitrogen and oxygen atoms in total. The predicted molar refractivity (Wildman–Crippen MR) is 146 cm³/mol. The van der Waals surface area contributed by atoms with E-state index in [1.807, 2.05) is 29.8 Å². The number of fused-ring (bicyclic) bond motifs is 1. The third kappa shape index (κ3) is 4.65. The number of halogens is 3. The van der Waals surface area contributed by atoms with Crippen molar-refractivity contribution in [3.8, 4) is 5.69 Å². The van der Waals surface area contributed by atoms with Crippen molar-refractivity contribution in [1.29, 1.82) is 0 Å². The SMILES string of the molecule is Cn1cnnc1[C@@H](c1cccc(-n2cc3c(C(F)(F)F)cc(CN4CCC[C@@]4(C)[SiH3])cn3c2=O)c1)C1CCC1. The van der Waals surface area contributed by atoms with Crippen LogP contribution in [0.5, 0.6) is 0 Å². The lowest BCUT2D eigenvalue weighted by atomic mass is 9.72. The maximum Gasteiger partial charge on any atom is 0.418 e. The van der Waals surface area contributed by atoms with Crippen molar-refractivity contribution in [3.63, 3.8) is 0 Å². The van der Waals surface area contributed by atoms with Crippen LogP contribution in [0, 0.1) is 5.92 Å². The number of likely N-dealkylation sites (tertiary alicyclic amines) is 1. The Morgan fingerprint density at radius 1 is 1.18 bits per heavy atom. The average molecular weight is 555 g/mol. The standard InChI is InChI=1S/C28H33F3N6OSi/c1-27(39)10-5-11-35(27)14-18-12-22(28(29,30)31)23-16-36(26(38)37(23)15-18)21-9-4-8-20(13-21)24(19-6-3-7-19)25-33-32-17-34(25)2/h4,8-9,12-13,15-17,19,24H,3,5-7,10-11,14H2,1-2,39H3/t24-,27-/m1/s1. The molecule has 39 heavy (non-hydrogen) atoms. The van der Waals surface area contributed by atoms with Crippen LogP contribution in [0.3, 0.4) is 0 Å². The fraction of sp³-hybridized carbons (Fsp3) is 0.464. The van der Waals surface area contributed by atoms with Gasteiger partial charge >= 0.3 is 11.9 Å². The minimum absolute atomic E-state index is 0.00337. The second-order valence-electron chi connectivity index (χ2n) is 11.7. The molecule has 2 atom stereocenters. The largest absolute Gasteiger partial charge is 0.418 e. The zero-order valence-corrected chi connectivity index (χ0v) is 24.4. The van der Waals surface area contributed by atoms with Crippen LogP contribution in [-0.2, 0) is 19.8 Å². The van der Waals surface area contributed by atoms with E-state index < -0.39 is 17.4 Å². The van der Waals surface area contributed by atoms with Crippen molar-refractivity contribution in [2.75, 3.05) is 6.54 Å². The molecular formula is C28H33F3N6OSi. The topological polar surface area (TPSA) is 60.4 Å². The van der Waals surface area contributed by atoms with Crippen LogP contribution in [0.25, 0.3) is 11.2 Å². The molecule has 4 aromatic rings. The Balaban J connectivity index is 1.44. The number of imidazole rings is 1. The van der Waals surface area contributed by atoms with Gasteiger partial charge in [-0.3, -0.25) is 13.9 Å². The van der Waals surface area contributed by atoms with E-state index >= 15 is 0 Å². The van der Waals surface area contributed by atoms with Gasteiger partial charge in [0.25, 0.3) is 0 Å². The molecule has 0 spiro atoms. The van der Waals surface area contributed by atoms with E-state index in [4.69, 9.17) is 0 Å². The highest BCUT2D eigenvalue weighted by Gasteiger charge is 2.37. The number of alkyl halides is 3. The zero-order valence-electron chi connectivity index (χ0n) is 22.4. The minimum Gasteiger partial charge on any atom is -0.320 e. The molecule has 4 heterocycles. The lowest BCUT2D eigenvalue weighted by Gasteiger charge is -2.33. The molecule has 206 valence electrons. The number of hydrogen-bond acceptors (Lipinski definition) is 4. The number of hydrogen-bond donors (Lipinski definition) is 0. The third-order valence-electron chi connectivity index (χ3n) is 8.73. The first-order valence-electron chi connectivity index (χ1n) is 13.6.